The number of nitriles is 1. The van der Waals surface area contributed by atoms with Crippen LogP contribution in [0.5, 0.6) is 0 Å². The molecule has 0 aliphatic rings. The minimum atomic E-state index is -3.28. The molecule has 0 saturated heterocycles. The van der Waals surface area contributed by atoms with Crippen LogP contribution < -0.4 is 5.50 Å². The highest BCUT2D eigenvalue weighted by Gasteiger charge is 2.35. The Morgan fingerprint density at radius 1 is 1.40 bits per heavy atom. The third-order valence-corrected chi connectivity index (χ3v) is 4.15. The maximum atomic E-state index is 11.7. The number of nitrogens with two attached hydrogens (primary N) is 1. The van der Waals surface area contributed by atoms with Gasteiger partial charge in [0.05, 0.1) is 12.5 Å². The largest absolute Gasteiger partial charge is 0.288 e. The molecular weight excluding hydrogens is 233 g/mol. The molecule has 0 radical (unpaired) electrons. The Morgan fingerprint density at radius 2 is 1.80 bits per heavy atom. The van der Waals surface area contributed by atoms with Gasteiger partial charge in [-0.05, 0) is 38.9 Å². The summed E-state index contributed by atoms with van der Waals surface area (Å²) in [6, 6.07) is 2.29. The summed E-state index contributed by atoms with van der Waals surface area (Å²) >= 11 is 5.70. The number of hydrogen-bond donors (Lipinski definition) is 1. The van der Waals surface area contributed by atoms with Gasteiger partial charge in [-0.15, -0.1) is 0 Å². The van der Waals surface area contributed by atoms with Gasteiger partial charge in [-0.3, -0.25) is 15.0 Å². The average Bonchev–Trinajstić information content (AvgIpc) is 2.00. The van der Waals surface area contributed by atoms with E-state index in [9.17, 15) is 4.57 Å². The van der Waals surface area contributed by atoms with Gasteiger partial charge in [-0.1, -0.05) is 0 Å². The van der Waals surface area contributed by atoms with Gasteiger partial charge in [-0.2, -0.15) is 5.26 Å². The lowest BCUT2D eigenvalue weighted by Crippen LogP contribution is -2.45. The van der Waals surface area contributed by atoms with Gasteiger partial charge >= 0.3 is 0 Å². The lowest BCUT2D eigenvalue weighted by atomic mass is 10.2. The molecule has 0 aromatic carbocycles. The second-order valence-electron chi connectivity index (χ2n) is 4.10. The van der Waals surface area contributed by atoms with Crippen molar-refractivity contribution in [3.8, 4) is 6.07 Å². The molecule has 6 heteroatoms. The molecule has 0 amide bonds. The molecule has 0 aliphatic carbocycles. The molecule has 0 aromatic rings. The SMILES string of the molecule is CC(C)N(C(C)C)C(CC#N)P(N)(=O)Cl. The first-order chi connectivity index (χ1) is 6.71. The van der Waals surface area contributed by atoms with Gasteiger partial charge in [-0.25, -0.2) is 0 Å². The van der Waals surface area contributed by atoms with Gasteiger partial charge < -0.3 is 0 Å². The van der Waals surface area contributed by atoms with Crippen LogP contribution in [0.3, 0.4) is 0 Å². The van der Waals surface area contributed by atoms with Crippen molar-refractivity contribution < 1.29 is 4.57 Å². The topological polar surface area (TPSA) is 70.1 Å². The lowest BCUT2D eigenvalue weighted by Gasteiger charge is -2.37. The van der Waals surface area contributed by atoms with Crippen molar-refractivity contribution in [2.24, 2.45) is 5.50 Å². The van der Waals surface area contributed by atoms with E-state index >= 15 is 0 Å². The Labute approximate surface area is 96.6 Å². The van der Waals surface area contributed by atoms with E-state index in [-0.39, 0.29) is 18.5 Å². The zero-order valence-corrected chi connectivity index (χ0v) is 11.3. The molecule has 0 saturated carbocycles. The lowest BCUT2D eigenvalue weighted by molar-refractivity contribution is 0.155. The Hall–Kier alpha value is -0.0700. The first kappa shape index (κ1) is 14.9. The number of nitrogens with zero attached hydrogens (tertiary/aromatic N) is 2. The number of rotatable bonds is 5. The summed E-state index contributed by atoms with van der Waals surface area (Å²) in [5.74, 6) is -0.566. The van der Waals surface area contributed by atoms with Crippen molar-refractivity contribution >= 4 is 17.9 Å². The zero-order chi connectivity index (χ0) is 12.2. The van der Waals surface area contributed by atoms with Crippen LogP contribution in [0.4, 0.5) is 0 Å². The molecule has 0 heterocycles. The third kappa shape index (κ3) is 4.53. The van der Waals surface area contributed by atoms with Crippen LogP contribution in [0.25, 0.3) is 0 Å². The Kier molecular flexibility index (Phi) is 5.84. The van der Waals surface area contributed by atoms with E-state index < -0.39 is 12.4 Å². The monoisotopic (exact) mass is 251 g/mol. The summed E-state index contributed by atoms with van der Waals surface area (Å²) in [5.41, 5.74) is 5.47. The maximum Gasteiger partial charge on any atom is 0.247 e. The first-order valence-corrected chi connectivity index (χ1v) is 7.69. The Balaban J connectivity index is 5.04. The van der Waals surface area contributed by atoms with Gasteiger partial charge in [0.15, 0.2) is 0 Å². The molecule has 0 rings (SSSR count). The molecule has 0 fully saturated rings. The van der Waals surface area contributed by atoms with E-state index in [4.69, 9.17) is 22.0 Å². The van der Waals surface area contributed by atoms with Crippen LogP contribution in [-0.2, 0) is 4.57 Å². The summed E-state index contributed by atoms with van der Waals surface area (Å²) in [5, 5.41) is 8.70. The average molecular weight is 252 g/mol. The van der Waals surface area contributed by atoms with Gasteiger partial charge in [0.25, 0.3) is 0 Å². The summed E-state index contributed by atoms with van der Waals surface area (Å²) in [4.78, 5) is 1.93. The van der Waals surface area contributed by atoms with E-state index in [0.29, 0.717) is 0 Å². The second kappa shape index (κ2) is 5.86. The van der Waals surface area contributed by atoms with Crippen LogP contribution in [0.1, 0.15) is 34.1 Å². The van der Waals surface area contributed by atoms with E-state index in [1.54, 1.807) is 0 Å². The molecular formula is C9H19ClN3OP. The second-order valence-corrected chi connectivity index (χ2v) is 7.53. The van der Waals surface area contributed by atoms with Crippen LogP contribution in [0.15, 0.2) is 0 Å². The summed E-state index contributed by atoms with van der Waals surface area (Å²) in [6.45, 7) is 4.60. The maximum absolute atomic E-state index is 11.7. The van der Waals surface area contributed by atoms with E-state index in [2.05, 4.69) is 0 Å². The summed E-state index contributed by atoms with van der Waals surface area (Å²) in [6.07, 6.45) is 0.0909. The van der Waals surface area contributed by atoms with Gasteiger partial charge in [0.2, 0.25) is 6.65 Å². The predicted molar refractivity (Wildman–Crippen MR) is 63.8 cm³/mol. The fourth-order valence-corrected chi connectivity index (χ4v) is 3.51. The standard InChI is InChI=1S/C9H19ClN3OP/c1-7(2)13(8(3)4)9(5-6-11)15(10,12)14/h7-9H,5H2,1-4H3,(H2,12,14). The van der Waals surface area contributed by atoms with E-state index in [1.807, 2.05) is 38.7 Å². The molecule has 2 atom stereocenters. The fourth-order valence-electron chi connectivity index (χ4n) is 1.78. The highest BCUT2D eigenvalue weighted by Crippen LogP contribution is 2.51. The molecule has 0 bridgehead atoms. The van der Waals surface area contributed by atoms with Gasteiger partial charge in [0.1, 0.15) is 5.78 Å². The normalized spacial score (nSPS) is 17.9. The molecule has 2 unspecified atom stereocenters. The highest BCUT2D eigenvalue weighted by atomic mass is 35.7. The molecule has 15 heavy (non-hydrogen) atoms. The van der Waals surface area contributed by atoms with Gasteiger partial charge in [0, 0.05) is 12.1 Å². The summed E-state index contributed by atoms with van der Waals surface area (Å²) in [7, 11) is 0. The van der Waals surface area contributed by atoms with Crippen LogP contribution in [0.2, 0.25) is 0 Å². The fraction of sp³-hybridized carbons (Fsp3) is 0.889. The molecule has 0 spiro atoms. The smallest absolute Gasteiger partial charge is 0.247 e. The first-order valence-electron chi connectivity index (χ1n) is 4.94. The van der Waals surface area contributed by atoms with E-state index in [1.165, 1.54) is 0 Å². The van der Waals surface area contributed by atoms with Crippen LogP contribution in [0, 0.1) is 11.3 Å². The van der Waals surface area contributed by atoms with Crippen molar-refractivity contribution in [1.82, 2.24) is 4.90 Å². The van der Waals surface area contributed by atoms with Crippen molar-refractivity contribution in [2.75, 3.05) is 0 Å². The quantitative estimate of drug-likeness (QED) is 0.763. The van der Waals surface area contributed by atoms with Crippen molar-refractivity contribution in [3.63, 3.8) is 0 Å². The minimum absolute atomic E-state index is 0.0909. The van der Waals surface area contributed by atoms with Crippen molar-refractivity contribution in [3.05, 3.63) is 0 Å². The molecule has 88 valence electrons. The van der Waals surface area contributed by atoms with Crippen molar-refractivity contribution in [2.45, 2.75) is 52.0 Å². The Bertz CT molecular complexity index is 274. The molecule has 4 nitrogen and oxygen atoms in total. The van der Waals surface area contributed by atoms with Crippen molar-refractivity contribution in [1.29, 1.82) is 5.26 Å². The summed E-state index contributed by atoms with van der Waals surface area (Å²) < 4.78 is 11.7. The number of halogens is 1. The Morgan fingerprint density at radius 3 is 2.00 bits per heavy atom. The predicted octanol–water partition coefficient (Wildman–Crippen LogP) is 2.74. The zero-order valence-electron chi connectivity index (χ0n) is 9.64. The molecule has 0 aliphatic heterocycles. The third-order valence-electron chi connectivity index (χ3n) is 2.22. The van der Waals surface area contributed by atoms with Crippen LogP contribution >= 0.6 is 17.9 Å². The molecule has 0 aromatic heterocycles. The highest BCUT2D eigenvalue weighted by molar-refractivity contribution is 7.87. The molecule has 2 N–H and O–H groups in total. The minimum Gasteiger partial charge on any atom is -0.288 e. The number of hydrogen-bond acceptors (Lipinski definition) is 3. The van der Waals surface area contributed by atoms with E-state index in [0.717, 1.165) is 0 Å². The van der Waals surface area contributed by atoms with Crippen LogP contribution in [-0.4, -0.2) is 22.8 Å².